The SMILES string of the molecule is O=C(CCCNc1ccccc1)OCC1CCCCC1. The van der Waals surface area contributed by atoms with Gasteiger partial charge in [-0.1, -0.05) is 37.5 Å². The van der Waals surface area contributed by atoms with Crippen molar-refractivity contribution in [3.8, 4) is 0 Å². The van der Waals surface area contributed by atoms with Gasteiger partial charge in [0.05, 0.1) is 6.61 Å². The molecule has 0 aliphatic heterocycles. The van der Waals surface area contributed by atoms with Gasteiger partial charge in [0.15, 0.2) is 0 Å². The molecule has 0 saturated heterocycles. The van der Waals surface area contributed by atoms with Gasteiger partial charge in [-0.25, -0.2) is 0 Å². The third kappa shape index (κ3) is 5.64. The van der Waals surface area contributed by atoms with Crippen LogP contribution in [0.4, 0.5) is 5.69 Å². The second-order valence-corrected chi connectivity index (χ2v) is 5.58. The van der Waals surface area contributed by atoms with E-state index in [9.17, 15) is 4.79 Å². The molecule has 1 fully saturated rings. The Hall–Kier alpha value is -1.51. The lowest BCUT2D eigenvalue weighted by Gasteiger charge is -2.21. The summed E-state index contributed by atoms with van der Waals surface area (Å²) < 4.78 is 5.37. The van der Waals surface area contributed by atoms with E-state index in [-0.39, 0.29) is 5.97 Å². The summed E-state index contributed by atoms with van der Waals surface area (Å²) in [5, 5.41) is 3.30. The van der Waals surface area contributed by atoms with E-state index in [1.165, 1.54) is 32.1 Å². The number of anilines is 1. The summed E-state index contributed by atoms with van der Waals surface area (Å²) in [5.41, 5.74) is 1.10. The third-order valence-electron chi connectivity index (χ3n) is 3.87. The minimum Gasteiger partial charge on any atom is -0.465 e. The highest BCUT2D eigenvalue weighted by Gasteiger charge is 2.15. The molecule has 0 bridgehead atoms. The highest BCUT2D eigenvalue weighted by atomic mass is 16.5. The van der Waals surface area contributed by atoms with E-state index in [0.29, 0.717) is 18.9 Å². The summed E-state index contributed by atoms with van der Waals surface area (Å²) >= 11 is 0. The number of rotatable bonds is 7. The molecule has 0 atom stereocenters. The Balaban J connectivity index is 1.51. The van der Waals surface area contributed by atoms with Gasteiger partial charge in [0.1, 0.15) is 0 Å². The Morgan fingerprint density at radius 2 is 1.90 bits per heavy atom. The van der Waals surface area contributed by atoms with Crippen molar-refractivity contribution in [2.75, 3.05) is 18.5 Å². The maximum absolute atomic E-state index is 11.6. The summed E-state index contributed by atoms with van der Waals surface area (Å²) in [5.74, 6) is 0.556. The molecule has 0 aromatic heterocycles. The first-order chi connectivity index (χ1) is 9.84. The van der Waals surface area contributed by atoms with Crippen molar-refractivity contribution in [2.45, 2.75) is 44.9 Å². The first kappa shape index (κ1) is 14.9. The maximum Gasteiger partial charge on any atom is 0.305 e. The number of para-hydroxylation sites is 1. The zero-order chi connectivity index (χ0) is 14.0. The van der Waals surface area contributed by atoms with Crippen LogP contribution in [0.15, 0.2) is 30.3 Å². The fraction of sp³-hybridized carbons (Fsp3) is 0.588. The summed E-state index contributed by atoms with van der Waals surface area (Å²) in [6.07, 6.45) is 7.71. The van der Waals surface area contributed by atoms with Gasteiger partial charge in [-0.2, -0.15) is 0 Å². The monoisotopic (exact) mass is 275 g/mol. The summed E-state index contributed by atoms with van der Waals surface area (Å²) in [6, 6.07) is 10.1. The normalized spacial score (nSPS) is 15.8. The molecule has 2 rings (SSSR count). The predicted molar refractivity (Wildman–Crippen MR) is 81.7 cm³/mol. The van der Waals surface area contributed by atoms with Crippen LogP contribution in [0, 0.1) is 5.92 Å². The molecule has 110 valence electrons. The number of hydrogen-bond donors (Lipinski definition) is 1. The van der Waals surface area contributed by atoms with Gasteiger partial charge in [-0.05, 0) is 37.3 Å². The zero-order valence-corrected chi connectivity index (χ0v) is 12.1. The van der Waals surface area contributed by atoms with Crippen LogP contribution in [0.3, 0.4) is 0 Å². The molecule has 1 aliphatic carbocycles. The van der Waals surface area contributed by atoms with Crippen molar-refractivity contribution >= 4 is 11.7 Å². The topological polar surface area (TPSA) is 38.3 Å². The van der Waals surface area contributed by atoms with Crippen molar-refractivity contribution < 1.29 is 9.53 Å². The second-order valence-electron chi connectivity index (χ2n) is 5.58. The Morgan fingerprint density at radius 1 is 1.15 bits per heavy atom. The smallest absolute Gasteiger partial charge is 0.305 e. The van der Waals surface area contributed by atoms with Gasteiger partial charge >= 0.3 is 5.97 Å². The van der Waals surface area contributed by atoms with Gasteiger partial charge in [0.25, 0.3) is 0 Å². The van der Waals surface area contributed by atoms with E-state index in [1.807, 2.05) is 30.3 Å². The van der Waals surface area contributed by atoms with Crippen molar-refractivity contribution in [3.63, 3.8) is 0 Å². The van der Waals surface area contributed by atoms with Crippen LogP contribution >= 0.6 is 0 Å². The molecule has 1 N–H and O–H groups in total. The molecule has 1 aliphatic rings. The van der Waals surface area contributed by atoms with Gasteiger partial charge < -0.3 is 10.1 Å². The Kier molecular flexibility index (Phi) is 6.42. The van der Waals surface area contributed by atoms with Crippen LogP contribution in [-0.4, -0.2) is 19.1 Å². The van der Waals surface area contributed by atoms with Gasteiger partial charge in [-0.15, -0.1) is 0 Å². The minimum atomic E-state index is -0.0505. The first-order valence-electron chi connectivity index (χ1n) is 7.79. The second kappa shape index (κ2) is 8.62. The molecule has 0 heterocycles. The molecule has 0 spiro atoms. The van der Waals surface area contributed by atoms with Crippen LogP contribution in [-0.2, 0) is 9.53 Å². The van der Waals surface area contributed by atoms with Crippen molar-refractivity contribution in [3.05, 3.63) is 30.3 Å². The van der Waals surface area contributed by atoms with Crippen LogP contribution in [0.1, 0.15) is 44.9 Å². The maximum atomic E-state index is 11.6. The zero-order valence-electron chi connectivity index (χ0n) is 12.1. The largest absolute Gasteiger partial charge is 0.465 e. The Morgan fingerprint density at radius 3 is 2.65 bits per heavy atom. The lowest BCUT2D eigenvalue weighted by atomic mass is 9.90. The summed E-state index contributed by atoms with van der Waals surface area (Å²) in [7, 11) is 0. The van der Waals surface area contributed by atoms with Gasteiger partial charge in [0.2, 0.25) is 0 Å². The molecule has 3 nitrogen and oxygen atoms in total. The standard InChI is InChI=1S/C17H25NO2/c19-17(20-14-15-8-3-1-4-9-15)12-7-13-18-16-10-5-2-6-11-16/h2,5-6,10-11,15,18H,1,3-4,7-9,12-14H2. The van der Waals surface area contributed by atoms with Crippen molar-refractivity contribution in [2.24, 2.45) is 5.92 Å². The number of carbonyl (C=O) groups is 1. The molecule has 1 aromatic rings. The van der Waals surface area contributed by atoms with Crippen LogP contribution < -0.4 is 5.32 Å². The predicted octanol–water partition coefficient (Wildman–Crippen LogP) is 4.00. The fourth-order valence-electron chi connectivity index (χ4n) is 2.66. The quantitative estimate of drug-likeness (QED) is 0.603. The Bertz CT molecular complexity index is 385. The summed E-state index contributed by atoms with van der Waals surface area (Å²) in [4.78, 5) is 11.6. The third-order valence-corrected chi connectivity index (χ3v) is 3.87. The fourth-order valence-corrected chi connectivity index (χ4v) is 2.66. The van der Waals surface area contributed by atoms with Gasteiger partial charge in [-0.3, -0.25) is 4.79 Å². The minimum absolute atomic E-state index is 0.0505. The average molecular weight is 275 g/mol. The molecule has 20 heavy (non-hydrogen) atoms. The average Bonchev–Trinajstić information content (AvgIpc) is 2.52. The molecule has 0 amide bonds. The van der Waals surface area contributed by atoms with E-state index in [1.54, 1.807) is 0 Å². The van der Waals surface area contributed by atoms with E-state index >= 15 is 0 Å². The van der Waals surface area contributed by atoms with Crippen LogP contribution in [0.5, 0.6) is 0 Å². The molecular formula is C17H25NO2. The number of ether oxygens (including phenoxy) is 1. The van der Waals surface area contributed by atoms with Crippen molar-refractivity contribution in [1.82, 2.24) is 0 Å². The number of benzene rings is 1. The molecule has 0 unspecified atom stereocenters. The highest BCUT2D eigenvalue weighted by Crippen LogP contribution is 2.23. The van der Waals surface area contributed by atoms with Crippen LogP contribution in [0.2, 0.25) is 0 Å². The molecule has 1 aromatic carbocycles. The summed E-state index contributed by atoms with van der Waals surface area (Å²) in [6.45, 7) is 1.44. The molecular weight excluding hydrogens is 250 g/mol. The Labute approximate surface area is 121 Å². The molecule has 0 radical (unpaired) electrons. The highest BCUT2D eigenvalue weighted by molar-refractivity contribution is 5.69. The molecule has 1 saturated carbocycles. The van der Waals surface area contributed by atoms with E-state index in [0.717, 1.165) is 18.7 Å². The van der Waals surface area contributed by atoms with E-state index in [4.69, 9.17) is 4.74 Å². The number of nitrogens with one attached hydrogen (secondary N) is 1. The number of hydrogen-bond acceptors (Lipinski definition) is 3. The first-order valence-corrected chi connectivity index (χ1v) is 7.79. The lowest BCUT2D eigenvalue weighted by molar-refractivity contribution is -0.145. The lowest BCUT2D eigenvalue weighted by Crippen LogP contribution is -2.17. The number of esters is 1. The number of carbonyl (C=O) groups excluding carboxylic acids is 1. The molecule has 3 heteroatoms. The van der Waals surface area contributed by atoms with E-state index < -0.39 is 0 Å². The van der Waals surface area contributed by atoms with Crippen molar-refractivity contribution in [1.29, 1.82) is 0 Å². The van der Waals surface area contributed by atoms with Gasteiger partial charge in [0, 0.05) is 18.7 Å². The van der Waals surface area contributed by atoms with E-state index in [2.05, 4.69) is 5.32 Å². The van der Waals surface area contributed by atoms with Crippen LogP contribution in [0.25, 0.3) is 0 Å².